The van der Waals surface area contributed by atoms with Crippen LogP contribution >= 0.6 is 15.9 Å². The number of aromatic nitrogens is 5. The van der Waals surface area contributed by atoms with E-state index in [1.165, 1.54) is 12.3 Å². The SMILES string of the molecule is Cc1nc(NCc2cn(Cc3ccc(C(F)(F)F)nc3)nc2Br)nc2c1NC(=O)C(C)N2C. The van der Waals surface area contributed by atoms with Crippen LogP contribution in [0.25, 0.3) is 0 Å². The molecule has 0 fully saturated rings. The van der Waals surface area contributed by atoms with Gasteiger partial charge in [-0.1, -0.05) is 6.07 Å². The molecule has 1 amide bonds. The van der Waals surface area contributed by atoms with Gasteiger partial charge < -0.3 is 15.5 Å². The van der Waals surface area contributed by atoms with E-state index in [-0.39, 0.29) is 18.5 Å². The number of hydrogen-bond acceptors (Lipinski definition) is 7. The minimum atomic E-state index is -4.47. The van der Waals surface area contributed by atoms with E-state index in [0.717, 1.165) is 11.6 Å². The van der Waals surface area contributed by atoms with E-state index >= 15 is 0 Å². The largest absolute Gasteiger partial charge is 0.433 e. The number of nitrogens with one attached hydrogen (secondary N) is 2. The molecule has 2 N–H and O–H groups in total. The Bertz CT molecular complexity index is 1200. The van der Waals surface area contributed by atoms with E-state index in [9.17, 15) is 18.0 Å². The number of carbonyl (C=O) groups excluding carboxylic acids is 1. The van der Waals surface area contributed by atoms with E-state index in [1.54, 1.807) is 36.7 Å². The average molecular weight is 525 g/mol. The first-order valence-corrected chi connectivity index (χ1v) is 10.7. The summed E-state index contributed by atoms with van der Waals surface area (Å²) in [5.74, 6) is 0.909. The van der Waals surface area contributed by atoms with Crippen LogP contribution in [0.15, 0.2) is 29.1 Å². The van der Waals surface area contributed by atoms with E-state index < -0.39 is 11.9 Å². The van der Waals surface area contributed by atoms with Crippen molar-refractivity contribution in [1.29, 1.82) is 0 Å². The first-order valence-electron chi connectivity index (χ1n) is 9.93. The lowest BCUT2D eigenvalue weighted by atomic mass is 10.2. The van der Waals surface area contributed by atoms with Crippen LogP contribution in [0.3, 0.4) is 0 Å². The number of pyridine rings is 1. The molecule has 1 aliphatic rings. The molecule has 0 spiro atoms. The van der Waals surface area contributed by atoms with Crippen molar-refractivity contribution in [2.75, 3.05) is 22.6 Å². The maximum Gasteiger partial charge on any atom is 0.433 e. The van der Waals surface area contributed by atoms with E-state index in [1.807, 2.05) is 0 Å². The van der Waals surface area contributed by atoms with Crippen LogP contribution in [0.1, 0.15) is 29.4 Å². The minimum absolute atomic E-state index is 0.114. The molecule has 0 aliphatic carbocycles. The summed E-state index contributed by atoms with van der Waals surface area (Å²) in [6, 6.07) is 1.97. The lowest BCUT2D eigenvalue weighted by Gasteiger charge is -2.32. The van der Waals surface area contributed by atoms with Crippen molar-refractivity contribution in [3.63, 3.8) is 0 Å². The summed E-state index contributed by atoms with van der Waals surface area (Å²) in [7, 11) is 1.80. The molecule has 0 radical (unpaired) electrons. The number of rotatable bonds is 5. The lowest BCUT2D eigenvalue weighted by Crippen LogP contribution is -2.44. The molecule has 1 atom stereocenters. The summed E-state index contributed by atoms with van der Waals surface area (Å²) in [6.45, 7) is 4.21. The van der Waals surface area contributed by atoms with E-state index in [4.69, 9.17) is 0 Å². The Morgan fingerprint density at radius 1 is 1.27 bits per heavy atom. The average Bonchev–Trinajstić information content (AvgIpc) is 3.10. The highest BCUT2D eigenvalue weighted by Gasteiger charge is 2.32. The second-order valence-corrected chi connectivity index (χ2v) is 8.40. The van der Waals surface area contributed by atoms with Crippen LogP contribution in [-0.4, -0.2) is 43.7 Å². The van der Waals surface area contributed by atoms with Gasteiger partial charge in [-0.3, -0.25) is 14.5 Å². The highest BCUT2D eigenvalue weighted by molar-refractivity contribution is 9.10. The summed E-state index contributed by atoms with van der Waals surface area (Å²) in [4.78, 5) is 26.3. The Hall–Kier alpha value is -3.22. The molecule has 1 unspecified atom stereocenters. The molecule has 3 aromatic rings. The van der Waals surface area contributed by atoms with Gasteiger partial charge in [-0.25, -0.2) is 4.98 Å². The number of fused-ring (bicyclic) bond motifs is 1. The first-order chi connectivity index (χ1) is 15.5. The van der Waals surface area contributed by atoms with Crippen LogP contribution in [0.4, 0.5) is 30.6 Å². The van der Waals surface area contributed by atoms with Crippen molar-refractivity contribution >= 4 is 39.3 Å². The van der Waals surface area contributed by atoms with Gasteiger partial charge in [0.1, 0.15) is 22.0 Å². The zero-order valence-corrected chi connectivity index (χ0v) is 19.5. The summed E-state index contributed by atoms with van der Waals surface area (Å²) < 4.78 is 40.2. The number of aryl methyl sites for hydroxylation is 1. The quantitative estimate of drug-likeness (QED) is 0.525. The molecular formula is C20H20BrF3N8O. The molecule has 3 aromatic heterocycles. The van der Waals surface area contributed by atoms with Gasteiger partial charge in [0, 0.05) is 31.5 Å². The van der Waals surface area contributed by atoms with Crippen molar-refractivity contribution in [1.82, 2.24) is 24.7 Å². The van der Waals surface area contributed by atoms with Crippen molar-refractivity contribution < 1.29 is 18.0 Å². The molecule has 0 saturated carbocycles. The molecule has 4 rings (SSSR count). The Labute approximate surface area is 195 Å². The van der Waals surface area contributed by atoms with Crippen molar-refractivity contribution in [2.24, 2.45) is 0 Å². The molecule has 4 heterocycles. The molecular weight excluding hydrogens is 505 g/mol. The fourth-order valence-electron chi connectivity index (χ4n) is 3.31. The Balaban J connectivity index is 1.46. The molecule has 1 aliphatic heterocycles. The smallest absolute Gasteiger partial charge is 0.350 e. The van der Waals surface area contributed by atoms with E-state index in [0.29, 0.717) is 39.9 Å². The Morgan fingerprint density at radius 2 is 2.03 bits per heavy atom. The van der Waals surface area contributed by atoms with Gasteiger partial charge in [-0.15, -0.1) is 0 Å². The number of alkyl halides is 3. The third kappa shape index (κ3) is 4.77. The first kappa shape index (κ1) is 23.0. The van der Waals surface area contributed by atoms with Gasteiger partial charge in [-0.05, 0) is 41.4 Å². The number of carbonyl (C=O) groups is 1. The summed E-state index contributed by atoms with van der Waals surface area (Å²) >= 11 is 3.41. The third-order valence-corrected chi connectivity index (χ3v) is 5.96. The highest BCUT2D eigenvalue weighted by atomic mass is 79.9. The number of hydrogen-bond donors (Lipinski definition) is 2. The number of likely N-dealkylation sites (N-methyl/N-ethyl adjacent to an activating group) is 1. The minimum Gasteiger partial charge on any atom is -0.350 e. The fraction of sp³-hybridized carbons (Fsp3) is 0.350. The standard InChI is InChI=1S/C20H20BrF3N8O/c1-10-15-17(31(3)11(2)18(33)28-15)29-19(27-10)26-7-13-9-32(30-16(13)21)8-12-4-5-14(25-6-12)20(22,23)24/h4-6,9,11H,7-8H2,1-3H3,(H,28,33)(H,26,27,29). The molecule has 0 aromatic carbocycles. The topological polar surface area (TPSA) is 101 Å². The maximum atomic E-state index is 12.7. The molecule has 174 valence electrons. The van der Waals surface area contributed by atoms with Crippen molar-refractivity contribution in [3.8, 4) is 0 Å². The van der Waals surface area contributed by atoms with Gasteiger partial charge in [0.15, 0.2) is 5.82 Å². The number of anilines is 3. The van der Waals surface area contributed by atoms with E-state index in [2.05, 4.69) is 46.6 Å². The second-order valence-electron chi connectivity index (χ2n) is 7.65. The van der Waals surface area contributed by atoms with Crippen LogP contribution < -0.4 is 15.5 Å². The second kappa shape index (κ2) is 8.61. The Morgan fingerprint density at radius 3 is 2.70 bits per heavy atom. The monoisotopic (exact) mass is 524 g/mol. The fourth-order valence-corrected chi connectivity index (χ4v) is 3.76. The maximum absolute atomic E-state index is 12.7. The highest BCUT2D eigenvalue weighted by Crippen LogP contribution is 2.32. The molecule has 0 saturated heterocycles. The predicted octanol–water partition coefficient (Wildman–Crippen LogP) is 3.60. The predicted molar refractivity (Wildman–Crippen MR) is 119 cm³/mol. The summed E-state index contributed by atoms with van der Waals surface area (Å²) in [5.41, 5.74) is 1.69. The lowest BCUT2D eigenvalue weighted by molar-refractivity contribution is -0.141. The van der Waals surface area contributed by atoms with Crippen LogP contribution in [-0.2, 0) is 24.1 Å². The Kier molecular flexibility index (Phi) is 5.99. The van der Waals surface area contributed by atoms with Crippen LogP contribution in [0, 0.1) is 6.92 Å². The van der Waals surface area contributed by atoms with Crippen LogP contribution in [0.2, 0.25) is 0 Å². The number of nitrogens with zero attached hydrogens (tertiary/aromatic N) is 6. The third-order valence-electron chi connectivity index (χ3n) is 5.30. The van der Waals surface area contributed by atoms with Gasteiger partial charge in [-0.2, -0.15) is 23.3 Å². The molecule has 9 nitrogen and oxygen atoms in total. The van der Waals surface area contributed by atoms with Gasteiger partial charge in [0.25, 0.3) is 0 Å². The zero-order chi connectivity index (χ0) is 23.9. The van der Waals surface area contributed by atoms with Gasteiger partial charge in [0.2, 0.25) is 11.9 Å². The molecule has 0 bridgehead atoms. The molecule has 13 heteroatoms. The van der Waals surface area contributed by atoms with Gasteiger partial charge in [0.05, 0.1) is 12.2 Å². The molecule has 33 heavy (non-hydrogen) atoms. The van der Waals surface area contributed by atoms with Gasteiger partial charge >= 0.3 is 6.18 Å². The summed E-state index contributed by atoms with van der Waals surface area (Å²) in [5, 5.41) is 10.3. The zero-order valence-electron chi connectivity index (χ0n) is 17.9. The number of halogens is 4. The normalized spacial score (nSPS) is 15.9. The van der Waals surface area contributed by atoms with Crippen molar-refractivity contribution in [3.05, 3.63) is 51.6 Å². The number of amides is 1. The summed E-state index contributed by atoms with van der Waals surface area (Å²) in [6.07, 6.45) is -1.51. The van der Waals surface area contributed by atoms with Crippen LogP contribution in [0.5, 0.6) is 0 Å². The van der Waals surface area contributed by atoms with Crippen molar-refractivity contribution in [2.45, 2.75) is 39.2 Å².